The Morgan fingerprint density at radius 1 is 1.06 bits per heavy atom. The first-order valence-corrected chi connectivity index (χ1v) is 12.3. The SMILES string of the molecule is CC(C)=CCC/C(C)=C/CC/C(C)=C/C[C@@]12O[C@@H]1C(=O)C(COC(=O)C[C@@](C)(O)CC(=O)O)=CC2=O. The first kappa shape index (κ1) is 29.4. The van der Waals surface area contributed by atoms with Gasteiger partial charge in [-0.15, -0.1) is 0 Å². The van der Waals surface area contributed by atoms with Crippen molar-refractivity contribution < 1.29 is 38.9 Å². The van der Waals surface area contributed by atoms with Crippen LogP contribution in [0.5, 0.6) is 0 Å². The molecule has 1 saturated heterocycles. The average molecular weight is 503 g/mol. The zero-order valence-electron chi connectivity index (χ0n) is 21.9. The fourth-order valence-electron chi connectivity index (χ4n) is 4.09. The third-order valence-electron chi connectivity index (χ3n) is 6.29. The van der Waals surface area contributed by atoms with Crippen molar-refractivity contribution in [3.05, 3.63) is 46.6 Å². The summed E-state index contributed by atoms with van der Waals surface area (Å²) in [6, 6.07) is 0. The quantitative estimate of drug-likeness (QED) is 0.206. The maximum atomic E-state index is 12.7. The van der Waals surface area contributed by atoms with Gasteiger partial charge in [0.15, 0.2) is 23.3 Å². The molecule has 8 nitrogen and oxygen atoms in total. The monoisotopic (exact) mass is 502 g/mol. The number of aliphatic hydroxyl groups is 1. The van der Waals surface area contributed by atoms with Crippen LogP contribution in [0.4, 0.5) is 0 Å². The number of rotatable bonds is 14. The number of hydrogen-bond acceptors (Lipinski definition) is 7. The fourth-order valence-corrected chi connectivity index (χ4v) is 4.09. The maximum absolute atomic E-state index is 12.7. The van der Waals surface area contributed by atoms with Crippen molar-refractivity contribution in [3.8, 4) is 0 Å². The summed E-state index contributed by atoms with van der Waals surface area (Å²) >= 11 is 0. The van der Waals surface area contributed by atoms with E-state index in [2.05, 4.69) is 32.9 Å². The number of Topliss-reactive ketones (excluding diaryl/α,β-unsaturated/α-hetero) is 1. The van der Waals surface area contributed by atoms with E-state index in [0.717, 1.165) is 37.3 Å². The smallest absolute Gasteiger partial charge is 0.309 e. The highest BCUT2D eigenvalue weighted by Crippen LogP contribution is 2.46. The van der Waals surface area contributed by atoms with Gasteiger partial charge < -0.3 is 19.7 Å². The van der Waals surface area contributed by atoms with Gasteiger partial charge in [-0.2, -0.15) is 0 Å². The summed E-state index contributed by atoms with van der Waals surface area (Å²) < 4.78 is 10.6. The Hall–Kier alpha value is -2.84. The second-order valence-corrected chi connectivity index (χ2v) is 10.4. The molecule has 0 radical (unpaired) electrons. The lowest BCUT2D eigenvalue weighted by atomic mass is 9.85. The van der Waals surface area contributed by atoms with E-state index in [1.807, 2.05) is 13.0 Å². The van der Waals surface area contributed by atoms with Crippen LogP contribution in [-0.2, 0) is 28.7 Å². The highest BCUT2D eigenvalue weighted by atomic mass is 16.6. The lowest BCUT2D eigenvalue weighted by Crippen LogP contribution is -2.36. The van der Waals surface area contributed by atoms with Gasteiger partial charge >= 0.3 is 11.9 Å². The van der Waals surface area contributed by atoms with Crippen LogP contribution in [0.1, 0.15) is 79.6 Å². The Morgan fingerprint density at radius 2 is 1.67 bits per heavy atom. The molecule has 0 bridgehead atoms. The van der Waals surface area contributed by atoms with Gasteiger partial charge in [0, 0.05) is 12.0 Å². The Morgan fingerprint density at radius 3 is 2.28 bits per heavy atom. The molecule has 1 heterocycles. The van der Waals surface area contributed by atoms with Crippen molar-refractivity contribution in [1.29, 1.82) is 0 Å². The minimum absolute atomic E-state index is 0.0266. The first-order chi connectivity index (χ1) is 16.8. The molecule has 2 N–H and O–H groups in total. The van der Waals surface area contributed by atoms with Crippen LogP contribution >= 0.6 is 0 Å². The van der Waals surface area contributed by atoms with E-state index < -0.39 is 54.5 Å². The molecule has 0 unspecified atom stereocenters. The predicted molar refractivity (Wildman–Crippen MR) is 134 cm³/mol. The van der Waals surface area contributed by atoms with E-state index in [-0.39, 0.29) is 11.4 Å². The molecule has 3 atom stereocenters. The standard InChI is InChI=1S/C28H38O8/c1-18(2)8-6-9-19(3)10-7-11-20(4)12-13-28-22(29)14-21(25(33)26(28)36-28)17-35-24(32)16-27(5,34)15-23(30)31/h8,10,12,14,26,34H,6-7,9,11,13,15-17H2,1-5H3,(H,30,31)/b19-10+,20-12+/t26-,27+,28+/m1/s1. The number of ketones is 2. The minimum atomic E-state index is -1.78. The molecular weight excluding hydrogens is 464 g/mol. The number of fused-ring (bicyclic) bond motifs is 1. The number of carbonyl (C=O) groups excluding carboxylic acids is 3. The van der Waals surface area contributed by atoms with Crippen molar-refractivity contribution in [2.75, 3.05) is 6.61 Å². The number of carboxylic acid groups (broad SMARTS) is 1. The van der Waals surface area contributed by atoms with Crippen molar-refractivity contribution in [3.63, 3.8) is 0 Å². The Labute approximate surface area is 212 Å². The summed E-state index contributed by atoms with van der Waals surface area (Å²) in [5.41, 5.74) is 0.863. The average Bonchev–Trinajstić information content (AvgIpc) is 3.49. The van der Waals surface area contributed by atoms with Crippen molar-refractivity contribution in [2.24, 2.45) is 0 Å². The van der Waals surface area contributed by atoms with Gasteiger partial charge in [-0.1, -0.05) is 34.9 Å². The third kappa shape index (κ3) is 8.68. The Bertz CT molecular complexity index is 1010. The van der Waals surface area contributed by atoms with Crippen LogP contribution in [0.3, 0.4) is 0 Å². The highest BCUT2D eigenvalue weighted by molar-refractivity contribution is 6.18. The van der Waals surface area contributed by atoms with Gasteiger partial charge in [0.2, 0.25) is 0 Å². The second-order valence-electron chi connectivity index (χ2n) is 10.4. The molecule has 1 aliphatic carbocycles. The molecule has 0 aromatic heterocycles. The van der Waals surface area contributed by atoms with Gasteiger partial charge in [0.1, 0.15) is 6.61 Å². The molecule has 2 rings (SSSR count). The summed E-state index contributed by atoms with van der Waals surface area (Å²) in [5, 5.41) is 18.7. The number of carboxylic acids is 1. The van der Waals surface area contributed by atoms with Gasteiger partial charge in [-0.05, 0) is 66.4 Å². The van der Waals surface area contributed by atoms with Crippen LogP contribution in [0.2, 0.25) is 0 Å². The number of allylic oxidation sites excluding steroid dienone is 5. The van der Waals surface area contributed by atoms with Gasteiger partial charge in [-0.3, -0.25) is 19.2 Å². The summed E-state index contributed by atoms with van der Waals surface area (Å²) in [6.45, 7) is 9.09. The van der Waals surface area contributed by atoms with Crippen LogP contribution in [-0.4, -0.2) is 57.6 Å². The van der Waals surface area contributed by atoms with E-state index in [9.17, 15) is 24.3 Å². The molecule has 36 heavy (non-hydrogen) atoms. The van der Waals surface area contributed by atoms with Crippen molar-refractivity contribution in [1.82, 2.24) is 0 Å². The minimum Gasteiger partial charge on any atom is -0.481 e. The molecule has 0 saturated carbocycles. The summed E-state index contributed by atoms with van der Waals surface area (Å²) in [4.78, 5) is 48.1. The Kier molecular flexibility index (Phi) is 10.1. The summed E-state index contributed by atoms with van der Waals surface area (Å²) in [6.07, 6.45) is 9.65. The Balaban J connectivity index is 1.86. The third-order valence-corrected chi connectivity index (χ3v) is 6.29. The van der Waals surface area contributed by atoms with E-state index in [0.29, 0.717) is 6.42 Å². The van der Waals surface area contributed by atoms with Crippen LogP contribution in [0.15, 0.2) is 46.6 Å². The summed E-state index contributed by atoms with van der Waals surface area (Å²) in [7, 11) is 0. The number of hydrogen-bond donors (Lipinski definition) is 2. The molecule has 2 aliphatic rings. The van der Waals surface area contributed by atoms with E-state index in [4.69, 9.17) is 14.6 Å². The van der Waals surface area contributed by atoms with E-state index >= 15 is 0 Å². The van der Waals surface area contributed by atoms with Crippen LogP contribution < -0.4 is 0 Å². The maximum Gasteiger partial charge on any atom is 0.309 e. The van der Waals surface area contributed by atoms with Crippen molar-refractivity contribution >= 4 is 23.5 Å². The molecular formula is C28H38O8. The number of aliphatic carboxylic acids is 1. The molecule has 0 aromatic carbocycles. The topological polar surface area (TPSA) is 130 Å². The molecule has 8 heteroatoms. The largest absolute Gasteiger partial charge is 0.481 e. The zero-order chi connectivity index (χ0) is 27.1. The summed E-state index contributed by atoms with van der Waals surface area (Å²) in [5.74, 6) is -2.86. The van der Waals surface area contributed by atoms with Crippen LogP contribution in [0.25, 0.3) is 0 Å². The van der Waals surface area contributed by atoms with E-state index in [1.54, 1.807) is 0 Å². The number of epoxide rings is 1. The molecule has 198 valence electrons. The van der Waals surface area contributed by atoms with Crippen LogP contribution in [0, 0.1) is 0 Å². The number of ether oxygens (including phenoxy) is 2. The van der Waals surface area contributed by atoms with E-state index in [1.165, 1.54) is 18.1 Å². The second kappa shape index (κ2) is 12.4. The predicted octanol–water partition coefficient (Wildman–Crippen LogP) is 4.17. The molecule has 0 aromatic rings. The molecule has 1 aliphatic heterocycles. The van der Waals surface area contributed by atoms with Crippen molar-refractivity contribution in [2.45, 2.75) is 96.9 Å². The lowest BCUT2D eigenvalue weighted by molar-refractivity contribution is -0.151. The molecule has 1 fully saturated rings. The van der Waals surface area contributed by atoms with Gasteiger partial charge in [-0.25, -0.2) is 0 Å². The highest BCUT2D eigenvalue weighted by Gasteiger charge is 2.66. The molecule has 0 amide bonds. The fraction of sp³-hybridized carbons (Fsp3) is 0.571. The first-order valence-electron chi connectivity index (χ1n) is 12.3. The number of carbonyl (C=O) groups is 4. The van der Waals surface area contributed by atoms with Gasteiger partial charge in [0.25, 0.3) is 0 Å². The normalized spacial score (nSPS) is 23.4. The molecule has 0 spiro atoms. The van der Waals surface area contributed by atoms with Gasteiger partial charge in [0.05, 0.1) is 18.4 Å². The number of esters is 1. The zero-order valence-corrected chi connectivity index (χ0v) is 21.9. The lowest BCUT2D eigenvalue weighted by Gasteiger charge is -2.20.